The predicted molar refractivity (Wildman–Crippen MR) is 126 cm³/mol. The lowest BCUT2D eigenvalue weighted by atomic mass is 9.71. The van der Waals surface area contributed by atoms with Gasteiger partial charge in [0, 0.05) is 16.7 Å². The fraction of sp³-hybridized carbons (Fsp3) is 0.179. The van der Waals surface area contributed by atoms with Gasteiger partial charge < -0.3 is 0 Å². The van der Waals surface area contributed by atoms with Crippen LogP contribution >= 0.6 is 0 Å². The van der Waals surface area contributed by atoms with E-state index in [-0.39, 0.29) is 23.0 Å². The highest BCUT2D eigenvalue weighted by molar-refractivity contribution is 5.88. The zero-order chi connectivity index (χ0) is 22.5. The van der Waals surface area contributed by atoms with Gasteiger partial charge in [-0.15, -0.1) is 0 Å². The molecule has 1 aromatic heterocycles. The second-order valence-electron chi connectivity index (χ2n) is 9.33. The first-order chi connectivity index (χ1) is 15.3. The van der Waals surface area contributed by atoms with E-state index in [0.29, 0.717) is 5.39 Å². The average molecular weight is 427 g/mol. The highest BCUT2D eigenvalue weighted by Crippen LogP contribution is 2.44. The monoisotopic (exact) mass is 426 g/mol. The molecule has 2 nitrogen and oxygen atoms in total. The summed E-state index contributed by atoms with van der Waals surface area (Å²) in [6.07, 6.45) is 1.84. The van der Waals surface area contributed by atoms with Crippen molar-refractivity contribution in [1.29, 1.82) is 0 Å². The van der Waals surface area contributed by atoms with Crippen LogP contribution < -0.4 is 0 Å². The largest absolute Gasteiger partial charge is 0.233 e. The summed E-state index contributed by atoms with van der Waals surface area (Å²) in [4.78, 5) is 0. The summed E-state index contributed by atoms with van der Waals surface area (Å²) in [5.74, 6) is -0.411. The standard InChI is InChI=1S/C28H24F2N2/c1-28(2,3)27(24-13-14-25(30)23-7-5-4-6-22(23)24)18-8-15-26-19(16-18)17-31-32(26)21-11-9-20(29)10-12-21/h4-17,27H,1-3H3. The summed E-state index contributed by atoms with van der Waals surface area (Å²) >= 11 is 0. The zero-order valence-electron chi connectivity index (χ0n) is 18.3. The maximum absolute atomic E-state index is 14.5. The van der Waals surface area contributed by atoms with Gasteiger partial charge in [0.2, 0.25) is 0 Å². The van der Waals surface area contributed by atoms with E-state index in [0.717, 1.165) is 33.1 Å². The fourth-order valence-corrected chi connectivity index (χ4v) is 4.70. The molecule has 0 saturated carbocycles. The zero-order valence-corrected chi connectivity index (χ0v) is 18.3. The van der Waals surface area contributed by atoms with Crippen LogP contribution in [0.15, 0.2) is 85.1 Å². The minimum Gasteiger partial charge on any atom is -0.233 e. The highest BCUT2D eigenvalue weighted by Gasteiger charge is 2.30. The molecule has 5 rings (SSSR count). The van der Waals surface area contributed by atoms with E-state index in [1.807, 2.05) is 41.2 Å². The second-order valence-corrected chi connectivity index (χ2v) is 9.33. The Kier molecular flexibility index (Phi) is 4.81. The van der Waals surface area contributed by atoms with Crippen LogP contribution in [0.2, 0.25) is 0 Å². The van der Waals surface area contributed by atoms with Crippen molar-refractivity contribution < 1.29 is 8.78 Å². The lowest BCUT2D eigenvalue weighted by Crippen LogP contribution is -2.20. The van der Waals surface area contributed by atoms with Crippen molar-refractivity contribution in [3.63, 3.8) is 0 Å². The van der Waals surface area contributed by atoms with Gasteiger partial charge in [0.05, 0.1) is 17.4 Å². The molecule has 32 heavy (non-hydrogen) atoms. The lowest BCUT2D eigenvalue weighted by molar-refractivity contribution is 0.360. The molecule has 0 amide bonds. The number of fused-ring (bicyclic) bond motifs is 2. The minimum absolute atomic E-state index is 0.0616. The van der Waals surface area contributed by atoms with E-state index in [2.05, 4.69) is 44.1 Å². The number of hydrogen-bond acceptors (Lipinski definition) is 1. The molecule has 1 unspecified atom stereocenters. The number of benzene rings is 4. The Balaban J connectivity index is 1.67. The first-order valence-electron chi connectivity index (χ1n) is 10.7. The molecule has 1 atom stereocenters. The van der Waals surface area contributed by atoms with Crippen molar-refractivity contribution in [3.8, 4) is 5.69 Å². The first-order valence-corrected chi connectivity index (χ1v) is 10.7. The molecule has 160 valence electrons. The third kappa shape index (κ3) is 3.46. The number of nitrogens with zero attached hydrogens (tertiary/aromatic N) is 2. The van der Waals surface area contributed by atoms with E-state index in [9.17, 15) is 8.78 Å². The number of aromatic nitrogens is 2. The Labute approximate surface area is 186 Å². The van der Waals surface area contributed by atoms with Gasteiger partial charge in [0.1, 0.15) is 11.6 Å². The molecule has 0 aliphatic rings. The van der Waals surface area contributed by atoms with Crippen molar-refractivity contribution in [2.75, 3.05) is 0 Å². The number of halogens is 2. The Morgan fingerprint density at radius 3 is 2.25 bits per heavy atom. The van der Waals surface area contributed by atoms with Gasteiger partial charge in [0.25, 0.3) is 0 Å². The predicted octanol–water partition coefficient (Wildman–Crippen LogP) is 7.63. The maximum atomic E-state index is 14.5. The van der Waals surface area contributed by atoms with Gasteiger partial charge in [0.15, 0.2) is 0 Å². The summed E-state index contributed by atoms with van der Waals surface area (Å²) in [7, 11) is 0. The van der Waals surface area contributed by atoms with Gasteiger partial charge >= 0.3 is 0 Å². The van der Waals surface area contributed by atoms with Crippen LogP contribution in [0, 0.1) is 17.0 Å². The highest BCUT2D eigenvalue weighted by atomic mass is 19.1. The van der Waals surface area contributed by atoms with E-state index < -0.39 is 0 Å². The Morgan fingerprint density at radius 1 is 0.812 bits per heavy atom. The molecule has 0 spiro atoms. The van der Waals surface area contributed by atoms with Crippen LogP contribution in [-0.4, -0.2) is 9.78 Å². The molecule has 0 radical (unpaired) electrons. The third-order valence-corrected chi connectivity index (χ3v) is 6.08. The molecular formula is C28H24F2N2. The minimum atomic E-state index is -0.271. The van der Waals surface area contributed by atoms with Gasteiger partial charge in [-0.1, -0.05) is 57.2 Å². The van der Waals surface area contributed by atoms with Crippen LogP contribution in [0.4, 0.5) is 8.78 Å². The van der Waals surface area contributed by atoms with Gasteiger partial charge in [-0.3, -0.25) is 0 Å². The third-order valence-electron chi connectivity index (χ3n) is 6.08. The van der Waals surface area contributed by atoms with E-state index in [1.54, 1.807) is 18.2 Å². The fourth-order valence-electron chi connectivity index (χ4n) is 4.70. The molecule has 0 N–H and O–H groups in total. The summed E-state index contributed by atoms with van der Waals surface area (Å²) < 4.78 is 29.6. The van der Waals surface area contributed by atoms with Crippen LogP contribution in [0.3, 0.4) is 0 Å². The van der Waals surface area contributed by atoms with Crippen LogP contribution in [0.25, 0.3) is 27.4 Å². The van der Waals surface area contributed by atoms with Crippen LogP contribution in [0.1, 0.15) is 37.8 Å². The van der Waals surface area contributed by atoms with Crippen LogP contribution in [-0.2, 0) is 0 Å². The molecule has 0 fully saturated rings. The average Bonchev–Trinajstić information content (AvgIpc) is 3.19. The summed E-state index contributed by atoms with van der Waals surface area (Å²) in [6, 6.07) is 23.8. The second kappa shape index (κ2) is 7.56. The van der Waals surface area contributed by atoms with Crippen molar-refractivity contribution in [2.24, 2.45) is 5.41 Å². The van der Waals surface area contributed by atoms with Crippen molar-refractivity contribution in [3.05, 3.63) is 108 Å². The lowest BCUT2D eigenvalue weighted by Gasteiger charge is -2.33. The maximum Gasteiger partial charge on any atom is 0.131 e. The molecular weight excluding hydrogens is 402 g/mol. The Morgan fingerprint density at radius 2 is 1.53 bits per heavy atom. The van der Waals surface area contributed by atoms with Gasteiger partial charge in [-0.2, -0.15) is 5.10 Å². The smallest absolute Gasteiger partial charge is 0.131 e. The molecule has 5 aromatic rings. The molecule has 4 heteroatoms. The van der Waals surface area contributed by atoms with Gasteiger partial charge in [-0.25, -0.2) is 13.5 Å². The Bertz CT molecular complexity index is 1430. The van der Waals surface area contributed by atoms with Gasteiger partial charge in [-0.05, 0) is 64.4 Å². The van der Waals surface area contributed by atoms with E-state index >= 15 is 0 Å². The van der Waals surface area contributed by atoms with Crippen molar-refractivity contribution in [2.45, 2.75) is 26.7 Å². The van der Waals surface area contributed by atoms with Crippen LogP contribution in [0.5, 0.6) is 0 Å². The van der Waals surface area contributed by atoms with Crippen molar-refractivity contribution in [1.82, 2.24) is 9.78 Å². The van der Waals surface area contributed by atoms with E-state index in [4.69, 9.17) is 0 Å². The Hall–Kier alpha value is -3.53. The SMILES string of the molecule is CC(C)(C)C(c1ccc2c(cnn2-c2ccc(F)cc2)c1)c1ccc(F)c2ccccc12. The topological polar surface area (TPSA) is 17.8 Å². The molecule has 4 aromatic carbocycles. The van der Waals surface area contributed by atoms with Crippen molar-refractivity contribution >= 4 is 21.7 Å². The molecule has 0 aliphatic carbocycles. The molecule has 0 bridgehead atoms. The molecule has 0 saturated heterocycles. The normalized spacial score (nSPS) is 13.0. The first kappa shape index (κ1) is 20.4. The van der Waals surface area contributed by atoms with E-state index in [1.165, 1.54) is 12.1 Å². The molecule has 1 heterocycles. The summed E-state index contributed by atoms with van der Waals surface area (Å²) in [5, 5.41) is 7.13. The molecule has 0 aliphatic heterocycles. The number of rotatable bonds is 3. The summed E-state index contributed by atoms with van der Waals surface area (Å²) in [5.41, 5.74) is 3.93. The summed E-state index contributed by atoms with van der Waals surface area (Å²) in [6.45, 7) is 6.63. The quantitative estimate of drug-likeness (QED) is 0.290. The number of hydrogen-bond donors (Lipinski definition) is 0.